The minimum absolute atomic E-state index is 0.309. The number of carbonyl (C=O) groups excluding carboxylic acids is 1. The Morgan fingerprint density at radius 1 is 1.53 bits per heavy atom. The maximum Gasteiger partial charge on any atom is 0.330 e. The summed E-state index contributed by atoms with van der Waals surface area (Å²) in [5, 5.41) is 4.17. The molecule has 2 aromatic rings. The van der Waals surface area contributed by atoms with E-state index in [9.17, 15) is 4.79 Å². The van der Waals surface area contributed by atoms with Gasteiger partial charge in [-0.2, -0.15) is 5.10 Å². The number of rotatable bonds is 2. The summed E-state index contributed by atoms with van der Waals surface area (Å²) in [6.07, 6.45) is 5.14. The normalized spacial score (nSPS) is 19.6. The van der Waals surface area contributed by atoms with Crippen LogP contribution in [0, 0.1) is 0 Å². The van der Waals surface area contributed by atoms with Gasteiger partial charge in [-0.05, 0) is 6.07 Å². The number of aromatic nitrogens is 3. The maximum absolute atomic E-state index is 11.8. The van der Waals surface area contributed by atoms with Crippen LogP contribution < -0.4 is 4.90 Å². The van der Waals surface area contributed by atoms with Gasteiger partial charge < -0.3 is 14.4 Å². The summed E-state index contributed by atoms with van der Waals surface area (Å²) in [4.78, 5) is 18.1. The van der Waals surface area contributed by atoms with Crippen LogP contribution in [0.5, 0.6) is 0 Å². The second-order valence-electron chi connectivity index (χ2n) is 4.22. The van der Waals surface area contributed by atoms with Crippen molar-refractivity contribution in [2.24, 2.45) is 0 Å². The predicted octanol–water partition coefficient (Wildman–Crippen LogP) is 0.107. The van der Waals surface area contributed by atoms with Crippen LogP contribution in [-0.2, 0) is 14.3 Å². The quantitative estimate of drug-likeness (QED) is 0.715. The fourth-order valence-corrected chi connectivity index (χ4v) is 2.25. The first-order chi connectivity index (χ1) is 9.31. The highest BCUT2D eigenvalue weighted by Gasteiger charge is 2.32. The van der Waals surface area contributed by atoms with Crippen LogP contribution in [0.2, 0.25) is 0 Å². The largest absolute Gasteiger partial charge is 0.467 e. The Morgan fingerprint density at radius 2 is 2.42 bits per heavy atom. The first kappa shape index (κ1) is 11.9. The SMILES string of the molecule is COC(=O)C1COCCN1c1nccn2nccc12. The molecule has 0 saturated carbocycles. The van der Waals surface area contributed by atoms with E-state index in [0.29, 0.717) is 19.8 Å². The van der Waals surface area contributed by atoms with Crippen molar-refractivity contribution in [3.05, 3.63) is 24.7 Å². The topological polar surface area (TPSA) is 69.0 Å². The molecule has 3 rings (SSSR count). The summed E-state index contributed by atoms with van der Waals surface area (Å²) in [6.45, 7) is 1.46. The number of methoxy groups -OCH3 is 1. The smallest absolute Gasteiger partial charge is 0.330 e. The van der Waals surface area contributed by atoms with Gasteiger partial charge in [0.1, 0.15) is 5.52 Å². The molecule has 7 nitrogen and oxygen atoms in total. The Bertz CT molecular complexity index is 597. The molecule has 2 aromatic heterocycles. The van der Waals surface area contributed by atoms with Crippen molar-refractivity contribution >= 4 is 17.3 Å². The fourth-order valence-electron chi connectivity index (χ4n) is 2.25. The monoisotopic (exact) mass is 262 g/mol. The summed E-state index contributed by atoms with van der Waals surface area (Å²) >= 11 is 0. The van der Waals surface area contributed by atoms with Gasteiger partial charge in [-0.25, -0.2) is 14.3 Å². The second-order valence-corrected chi connectivity index (χ2v) is 4.22. The third kappa shape index (κ3) is 2.01. The van der Waals surface area contributed by atoms with Gasteiger partial charge in [0.2, 0.25) is 0 Å². The maximum atomic E-state index is 11.8. The average Bonchev–Trinajstić information content (AvgIpc) is 2.94. The lowest BCUT2D eigenvalue weighted by molar-refractivity contribution is -0.144. The molecule has 1 fully saturated rings. The van der Waals surface area contributed by atoms with Crippen molar-refractivity contribution in [1.29, 1.82) is 0 Å². The molecular weight excluding hydrogens is 248 g/mol. The first-order valence-electron chi connectivity index (χ1n) is 6.02. The fraction of sp³-hybridized carbons (Fsp3) is 0.417. The Kier molecular flexibility index (Phi) is 3.04. The molecule has 0 radical (unpaired) electrons. The molecule has 0 bridgehead atoms. The van der Waals surface area contributed by atoms with Crippen molar-refractivity contribution < 1.29 is 14.3 Å². The lowest BCUT2D eigenvalue weighted by atomic mass is 10.2. The molecule has 1 aliphatic heterocycles. The van der Waals surface area contributed by atoms with Gasteiger partial charge in [0.05, 0.1) is 26.5 Å². The highest BCUT2D eigenvalue weighted by Crippen LogP contribution is 2.22. The van der Waals surface area contributed by atoms with Crippen molar-refractivity contribution in [2.45, 2.75) is 6.04 Å². The molecule has 7 heteroatoms. The molecule has 19 heavy (non-hydrogen) atoms. The van der Waals surface area contributed by atoms with E-state index in [1.54, 1.807) is 23.1 Å². The Balaban J connectivity index is 2.02. The van der Waals surface area contributed by atoms with Crippen LogP contribution in [0.15, 0.2) is 24.7 Å². The van der Waals surface area contributed by atoms with Gasteiger partial charge in [-0.1, -0.05) is 0 Å². The number of fused-ring (bicyclic) bond motifs is 1. The number of anilines is 1. The molecular formula is C12H14N4O3. The lowest BCUT2D eigenvalue weighted by Crippen LogP contribution is -2.51. The standard InChI is InChI=1S/C12H14N4O3/c1-18-12(17)10-8-19-7-6-15(10)11-9-2-3-14-16(9)5-4-13-11/h2-5,10H,6-8H2,1H3. The van der Waals surface area contributed by atoms with Gasteiger partial charge in [0, 0.05) is 18.9 Å². The summed E-state index contributed by atoms with van der Waals surface area (Å²) in [5.41, 5.74) is 0.860. The van der Waals surface area contributed by atoms with E-state index in [1.807, 2.05) is 11.0 Å². The number of hydrogen-bond donors (Lipinski definition) is 0. The number of carbonyl (C=O) groups is 1. The van der Waals surface area contributed by atoms with E-state index in [2.05, 4.69) is 10.1 Å². The summed E-state index contributed by atoms with van der Waals surface area (Å²) in [6, 6.07) is 1.40. The van der Waals surface area contributed by atoms with Crippen LogP contribution in [-0.4, -0.2) is 53.5 Å². The zero-order chi connectivity index (χ0) is 13.2. The van der Waals surface area contributed by atoms with Crippen LogP contribution in [0.3, 0.4) is 0 Å². The highest BCUT2D eigenvalue weighted by molar-refractivity contribution is 5.82. The van der Waals surface area contributed by atoms with E-state index in [-0.39, 0.29) is 5.97 Å². The van der Waals surface area contributed by atoms with E-state index in [0.717, 1.165) is 11.3 Å². The number of ether oxygens (including phenoxy) is 2. The average molecular weight is 262 g/mol. The lowest BCUT2D eigenvalue weighted by Gasteiger charge is -2.34. The molecule has 0 N–H and O–H groups in total. The van der Waals surface area contributed by atoms with Gasteiger partial charge in [0.15, 0.2) is 11.9 Å². The third-order valence-electron chi connectivity index (χ3n) is 3.18. The number of nitrogens with zero attached hydrogens (tertiary/aromatic N) is 4. The first-order valence-corrected chi connectivity index (χ1v) is 6.02. The highest BCUT2D eigenvalue weighted by atomic mass is 16.5. The van der Waals surface area contributed by atoms with Gasteiger partial charge in [-0.3, -0.25) is 0 Å². The summed E-state index contributed by atoms with van der Waals surface area (Å²) in [7, 11) is 1.38. The number of esters is 1. The van der Waals surface area contributed by atoms with Crippen LogP contribution in [0.4, 0.5) is 5.82 Å². The van der Waals surface area contributed by atoms with Crippen LogP contribution >= 0.6 is 0 Å². The molecule has 0 aromatic carbocycles. The molecule has 1 aliphatic rings. The Labute approximate surface area is 109 Å². The van der Waals surface area contributed by atoms with E-state index < -0.39 is 6.04 Å². The summed E-state index contributed by atoms with van der Waals surface area (Å²) < 4.78 is 11.9. The Morgan fingerprint density at radius 3 is 3.26 bits per heavy atom. The molecule has 1 unspecified atom stereocenters. The molecule has 1 atom stereocenters. The minimum atomic E-state index is -0.465. The van der Waals surface area contributed by atoms with Crippen molar-refractivity contribution in [3.8, 4) is 0 Å². The molecule has 3 heterocycles. The molecule has 1 saturated heterocycles. The number of hydrogen-bond acceptors (Lipinski definition) is 6. The van der Waals surface area contributed by atoms with Crippen molar-refractivity contribution in [1.82, 2.24) is 14.6 Å². The van der Waals surface area contributed by atoms with Gasteiger partial charge in [-0.15, -0.1) is 0 Å². The van der Waals surface area contributed by atoms with Crippen LogP contribution in [0.25, 0.3) is 5.52 Å². The summed E-state index contributed by atoms with van der Waals surface area (Å²) in [5.74, 6) is 0.404. The molecule has 0 amide bonds. The van der Waals surface area contributed by atoms with Gasteiger partial charge >= 0.3 is 5.97 Å². The molecule has 0 aliphatic carbocycles. The van der Waals surface area contributed by atoms with Crippen LogP contribution in [0.1, 0.15) is 0 Å². The van der Waals surface area contributed by atoms with Crippen molar-refractivity contribution in [3.63, 3.8) is 0 Å². The molecule has 100 valence electrons. The van der Waals surface area contributed by atoms with E-state index in [1.165, 1.54) is 7.11 Å². The van der Waals surface area contributed by atoms with Crippen molar-refractivity contribution in [2.75, 3.05) is 31.8 Å². The van der Waals surface area contributed by atoms with E-state index in [4.69, 9.17) is 9.47 Å². The number of morpholine rings is 1. The third-order valence-corrected chi connectivity index (χ3v) is 3.18. The molecule has 0 spiro atoms. The second kappa shape index (κ2) is 4.85. The Hall–Kier alpha value is -2.15. The van der Waals surface area contributed by atoms with Gasteiger partial charge in [0.25, 0.3) is 0 Å². The zero-order valence-electron chi connectivity index (χ0n) is 10.5. The predicted molar refractivity (Wildman–Crippen MR) is 67.0 cm³/mol. The van der Waals surface area contributed by atoms with E-state index >= 15 is 0 Å². The zero-order valence-corrected chi connectivity index (χ0v) is 10.5. The minimum Gasteiger partial charge on any atom is -0.467 e.